The molecule has 3 heteroatoms. The zero-order chi connectivity index (χ0) is 12.3. The second-order valence-electron chi connectivity index (χ2n) is 3.93. The molecule has 17 heavy (non-hydrogen) atoms. The van der Waals surface area contributed by atoms with E-state index in [4.69, 9.17) is 0 Å². The van der Waals surface area contributed by atoms with Crippen molar-refractivity contribution in [2.45, 2.75) is 13.8 Å². The number of carbonyl (C=O) groups is 1. The van der Waals surface area contributed by atoms with Crippen LogP contribution in [0, 0.1) is 13.8 Å². The Kier molecular flexibility index (Phi) is 3.19. The van der Waals surface area contributed by atoms with Crippen LogP contribution in [0.2, 0.25) is 0 Å². The van der Waals surface area contributed by atoms with Gasteiger partial charge >= 0.3 is 0 Å². The second-order valence-corrected chi connectivity index (χ2v) is 3.93. The van der Waals surface area contributed by atoms with Crippen LogP contribution in [0.25, 0.3) is 11.1 Å². The topological polar surface area (TPSA) is 42.0 Å². The number of hydrogen-bond donors (Lipinski definition) is 1. The molecule has 0 unspecified atom stereocenters. The molecule has 2 rings (SSSR count). The van der Waals surface area contributed by atoms with Gasteiger partial charge in [-0.15, -0.1) is 0 Å². The van der Waals surface area contributed by atoms with Crippen molar-refractivity contribution >= 4 is 12.1 Å². The zero-order valence-corrected chi connectivity index (χ0v) is 9.90. The minimum atomic E-state index is 0.685. The maximum absolute atomic E-state index is 10.5. The third-order valence-corrected chi connectivity index (χ3v) is 2.76. The Labute approximate surface area is 101 Å². The third-order valence-electron chi connectivity index (χ3n) is 2.76. The maximum atomic E-state index is 10.5. The Balaban J connectivity index is 2.54. The highest BCUT2D eigenvalue weighted by molar-refractivity contribution is 5.78. The van der Waals surface area contributed by atoms with Crippen LogP contribution in [0.1, 0.15) is 11.3 Å². The molecule has 1 aromatic heterocycles. The van der Waals surface area contributed by atoms with Crippen LogP contribution in [0.3, 0.4) is 0 Å². The summed E-state index contributed by atoms with van der Waals surface area (Å²) in [6.07, 6.45) is 2.46. The fourth-order valence-electron chi connectivity index (χ4n) is 1.84. The van der Waals surface area contributed by atoms with Crippen molar-refractivity contribution in [3.8, 4) is 11.1 Å². The predicted octanol–water partition coefficient (Wildman–Crippen LogP) is 2.93. The van der Waals surface area contributed by atoms with Crippen LogP contribution in [-0.4, -0.2) is 11.4 Å². The van der Waals surface area contributed by atoms with Gasteiger partial charge in [0.25, 0.3) is 0 Å². The van der Waals surface area contributed by atoms with Crippen molar-refractivity contribution in [3.05, 3.63) is 47.8 Å². The summed E-state index contributed by atoms with van der Waals surface area (Å²) in [5.41, 5.74) is 5.14. The minimum Gasteiger partial charge on any atom is -0.329 e. The maximum Gasteiger partial charge on any atom is 0.211 e. The summed E-state index contributed by atoms with van der Waals surface area (Å²) in [6.45, 7) is 4.03. The number of hydrogen-bond acceptors (Lipinski definition) is 2. The lowest BCUT2D eigenvalue weighted by molar-refractivity contribution is -0.105. The first-order valence-corrected chi connectivity index (χ1v) is 5.45. The Morgan fingerprint density at radius 2 is 2.00 bits per heavy atom. The first kappa shape index (κ1) is 11.3. The van der Waals surface area contributed by atoms with Gasteiger partial charge in [-0.3, -0.25) is 9.78 Å². The number of rotatable bonds is 3. The van der Waals surface area contributed by atoms with Gasteiger partial charge in [0.2, 0.25) is 6.41 Å². The summed E-state index contributed by atoms with van der Waals surface area (Å²) in [7, 11) is 0. The van der Waals surface area contributed by atoms with E-state index in [1.165, 1.54) is 0 Å². The highest BCUT2D eigenvalue weighted by Crippen LogP contribution is 2.27. The van der Waals surface area contributed by atoms with Crippen LogP contribution < -0.4 is 5.32 Å². The van der Waals surface area contributed by atoms with E-state index in [-0.39, 0.29) is 0 Å². The quantitative estimate of drug-likeness (QED) is 0.817. The molecular formula is C14H14N2O. The van der Waals surface area contributed by atoms with Crippen molar-refractivity contribution in [3.63, 3.8) is 0 Å². The van der Waals surface area contributed by atoms with Crippen LogP contribution in [0.4, 0.5) is 5.69 Å². The largest absolute Gasteiger partial charge is 0.329 e. The van der Waals surface area contributed by atoms with Crippen LogP contribution in [0.15, 0.2) is 36.5 Å². The zero-order valence-electron chi connectivity index (χ0n) is 9.90. The molecule has 0 radical (unpaired) electrons. The van der Waals surface area contributed by atoms with E-state index in [1.54, 1.807) is 6.20 Å². The van der Waals surface area contributed by atoms with E-state index in [1.807, 2.05) is 44.2 Å². The lowest BCUT2D eigenvalue weighted by Gasteiger charge is -2.10. The average molecular weight is 226 g/mol. The lowest BCUT2D eigenvalue weighted by atomic mass is 9.99. The summed E-state index contributed by atoms with van der Waals surface area (Å²) in [5.74, 6) is 0. The summed E-state index contributed by atoms with van der Waals surface area (Å²) in [4.78, 5) is 14.7. The Morgan fingerprint density at radius 3 is 2.71 bits per heavy atom. The van der Waals surface area contributed by atoms with E-state index < -0.39 is 0 Å². The molecule has 0 aliphatic carbocycles. The van der Waals surface area contributed by atoms with Crippen molar-refractivity contribution < 1.29 is 4.79 Å². The fourth-order valence-corrected chi connectivity index (χ4v) is 1.84. The molecule has 0 spiro atoms. The normalized spacial score (nSPS) is 10.0. The molecule has 0 fully saturated rings. The SMILES string of the molecule is Cc1ccc(NC=O)cc1-c1cccnc1C. The predicted molar refractivity (Wildman–Crippen MR) is 68.8 cm³/mol. The molecule has 0 saturated carbocycles. The number of pyridine rings is 1. The first-order valence-electron chi connectivity index (χ1n) is 5.45. The lowest BCUT2D eigenvalue weighted by Crippen LogP contribution is -1.96. The van der Waals surface area contributed by atoms with Crippen molar-refractivity contribution in [1.82, 2.24) is 4.98 Å². The highest BCUT2D eigenvalue weighted by Gasteiger charge is 2.06. The van der Waals surface area contributed by atoms with Gasteiger partial charge in [0.15, 0.2) is 0 Å². The number of benzene rings is 1. The molecule has 86 valence electrons. The molecular weight excluding hydrogens is 212 g/mol. The standard InChI is InChI=1S/C14H14N2O/c1-10-5-6-12(16-9-17)8-14(10)13-4-3-7-15-11(13)2/h3-9H,1-2H3,(H,16,17). The molecule has 1 amide bonds. The van der Waals surface area contributed by atoms with Gasteiger partial charge in [-0.05, 0) is 43.2 Å². The van der Waals surface area contributed by atoms with Crippen molar-refractivity contribution in [2.24, 2.45) is 0 Å². The van der Waals surface area contributed by atoms with Crippen LogP contribution in [-0.2, 0) is 4.79 Å². The van der Waals surface area contributed by atoms with Gasteiger partial charge < -0.3 is 5.32 Å². The van der Waals surface area contributed by atoms with Gasteiger partial charge in [0.05, 0.1) is 0 Å². The summed E-state index contributed by atoms with van der Waals surface area (Å²) in [6, 6.07) is 9.80. The number of aromatic nitrogens is 1. The first-order chi connectivity index (χ1) is 8.22. The van der Waals surface area contributed by atoms with Gasteiger partial charge in [-0.1, -0.05) is 12.1 Å². The van der Waals surface area contributed by atoms with Gasteiger partial charge in [0.1, 0.15) is 0 Å². The number of aryl methyl sites for hydroxylation is 2. The van der Waals surface area contributed by atoms with E-state index in [0.29, 0.717) is 6.41 Å². The van der Waals surface area contributed by atoms with Gasteiger partial charge in [0, 0.05) is 23.1 Å². The second kappa shape index (κ2) is 4.78. The molecule has 3 nitrogen and oxygen atoms in total. The fraction of sp³-hybridized carbons (Fsp3) is 0.143. The van der Waals surface area contributed by atoms with Crippen LogP contribution in [0.5, 0.6) is 0 Å². The average Bonchev–Trinajstić information content (AvgIpc) is 2.33. The van der Waals surface area contributed by atoms with Crippen molar-refractivity contribution in [2.75, 3.05) is 5.32 Å². The van der Waals surface area contributed by atoms with Gasteiger partial charge in [-0.25, -0.2) is 0 Å². The number of anilines is 1. The number of nitrogens with one attached hydrogen (secondary N) is 1. The van der Waals surface area contributed by atoms with Crippen LogP contribution >= 0.6 is 0 Å². The molecule has 0 aliphatic heterocycles. The highest BCUT2D eigenvalue weighted by atomic mass is 16.1. The summed E-state index contributed by atoms with van der Waals surface area (Å²) < 4.78 is 0. The Morgan fingerprint density at radius 1 is 1.18 bits per heavy atom. The number of nitrogens with zero attached hydrogens (tertiary/aromatic N) is 1. The smallest absolute Gasteiger partial charge is 0.211 e. The molecule has 0 atom stereocenters. The molecule has 1 N–H and O–H groups in total. The molecule has 1 heterocycles. The summed E-state index contributed by atoms with van der Waals surface area (Å²) in [5, 5.41) is 2.66. The number of amides is 1. The summed E-state index contributed by atoms with van der Waals surface area (Å²) >= 11 is 0. The molecule has 0 saturated heterocycles. The Bertz CT molecular complexity index is 550. The van der Waals surface area contributed by atoms with Gasteiger partial charge in [-0.2, -0.15) is 0 Å². The van der Waals surface area contributed by atoms with E-state index in [0.717, 1.165) is 28.1 Å². The van der Waals surface area contributed by atoms with E-state index in [2.05, 4.69) is 10.3 Å². The Hall–Kier alpha value is -2.16. The monoisotopic (exact) mass is 226 g/mol. The molecule has 0 aliphatic rings. The third kappa shape index (κ3) is 2.33. The molecule has 2 aromatic rings. The van der Waals surface area contributed by atoms with Crippen molar-refractivity contribution in [1.29, 1.82) is 0 Å². The molecule has 1 aromatic carbocycles. The van der Waals surface area contributed by atoms with E-state index in [9.17, 15) is 4.79 Å². The minimum absolute atomic E-state index is 0.685. The number of carbonyl (C=O) groups excluding carboxylic acids is 1. The molecule has 0 bridgehead atoms. The van der Waals surface area contributed by atoms with E-state index >= 15 is 0 Å².